The van der Waals surface area contributed by atoms with Crippen molar-refractivity contribution in [2.24, 2.45) is 5.92 Å². The van der Waals surface area contributed by atoms with Crippen LogP contribution in [0.4, 0.5) is 10.7 Å². The van der Waals surface area contributed by atoms with Crippen molar-refractivity contribution in [3.63, 3.8) is 0 Å². The molecule has 0 fully saturated rings. The first-order chi connectivity index (χ1) is 11.9. The lowest BCUT2D eigenvalue weighted by Gasteiger charge is -2.17. The molecule has 2 aromatic rings. The molecule has 128 valence electrons. The fourth-order valence-electron chi connectivity index (χ4n) is 3.19. The number of carbonyl (C=O) groups is 1. The molecule has 1 aliphatic carbocycles. The van der Waals surface area contributed by atoms with Crippen molar-refractivity contribution in [2.45, 2.75) is 33.1 Å². The van der Waals surface area contributed by atoms with Crippen molar-refractivity contribution in [3.8, 4) is 6.07 Å². The third-order valence-electron chi connectivity index (χ3n) is 4.60. The number of nitro groups is 1. The number of carbonyl (C=O) groups excluding carboxylic acids is 1. The summed E-state index contributed by atoms with van der Waals surface area (Å²) in [5, 5.41) is 23.9. The van der Waals surface area contributed by atoms with Crippen LogP contribution in [0.15, 0.2) is 18.2 Å². The van der Waals surface area contributed by atoms with Crippen molar-refractivity contribution in [1.29, 1.82) is 5.26 Å². The number of rotatable bonds is 3. The van der Waals surface area contributed by atoms with Gasteiger partial charge >= 0.3 is 0 Å². The van der Waals surface area contributed by atoms with E-state index in [9.17, 15) is 20.2 Å². The van der Waals surface area contributed by atoms with E-state index < -0.39 is 10.8 Å². The van der Waals surface area contributed by atoms with Crippen LogP contribution in [-0.4, -0.2) is 10.8 Å². The predicted molar refractivity (Wildman–Crippen MR) is 96.0 cm³/mol. The van der Waals surface area contributed by atoms with E-state index in [-0.39, 0.29) is 11.3 Å². The van der Waals surface area contributed by atoms with E-state index in [0.29, 0.717) is 22.0 Å². The first kappa shape index (κ1) is 17.1. The lowest BCUT2D eigenvalue weighted by atomic mass is 9.88. The maximum atomic E-state index is 12.6. The van der Waals surface area contributed by atoms with Gasteiger partial charge in [0.1, 0.15) is 11.1 Å². The summed E-state index contributed by atoms with van der Waals surface area (Å²) < 4.78 is 0. The first-order valence-corrected chi connectivity index (χ1v) is 8.84. The summed E-state index contributed by atoms with van der Waals surface area (Å²) >= 11 is 1.44. The Hall–Kier alpha value is -2.72. The molecule has 1 amide bonds. The molecule has 6 nitrogen and oxygen atoms in total. The fourth-order valence-corrected chi connectivity index (χ4v) is 4.55. The van der Waals surface area contributed by atoms with Gasteiger partial charge in [-0.15, -0.1) is 11.3 Å². The number of thiophene rings is 1. The molecule has 0 spiro atoms. The number of hydrogen-bond donors (Lipinski definition) is 1. The molecular formula is C18H17N3O3S. The SMILES string of the molecule is Cc1c(C(=O)Nc2sc3c(c2C#N)CCC(C)C3)cccc1[N+](=O)[O-]. The smallest absolute Gasteiger partial charge is 0.273 e. The molecular weight excluding hydrogens is 338 g/mol. The van der Waals surface area contributed by atoms with E-state index in [4.69, 9.17) is 0 Å². The molecule has 0 radical (unpaired) electrons. The van der Waals surface area contributed by atoms with Gasteiger partial charge < -0.3 is 5.32 Å². The quantitative estimate of drug-likeness (QED) is 0.659. The summed E-state index contributed by atoms with van der Waals surface area (Å²) in [6, 6.07) is 6.63. The average molecular weight is 355 g/mol. The zero-order valence-electron chi connectivity index (χ0n) is 14.0. The van der Waals surface area contributed by atoms with Crippen LogP contribution in [0.25, 0.3) is 0 Å². The first-order valence-electron chi connectivity index (χ1n) is 8.02. The highest BCUT2D eigenvalue weighted by Crippen LogP contribution is 2.39. The Bertz CT molecular complexity index is 911. The van der Waals surface area contributed by atoms with Crippen LogP contribution in [0.1, 0.15) is 45.3 Å². The summed E-state index contributed by atoms with van der Waals surface area (Å²) in [5.41, 5.74) is 2.05. The maximum Gasteiger partial charge on any atom is 0.273 e. The molecule has 1 heterocycles. The van der Waals surface area contributed by atoms with Crippen molar-refractivity contribution in [2.75, 3.05) is 5.32 Å². The van der Waals surface area contributed by atoms with Gasteiger partial charge in [-0.1, -0.05) is 13.0 Å². The van der Waals surface area contributed by atoms with Crippen LogP contribution in [0, 0.1) is 34.3 Å². The van der Waals surface area contributed by atoms with Crippen molar-refractivity contribution < 1.29 is 9.72 Å². The van der Waals surface area contributed by atoms with Gasteiger partial charge in [0.15, 0.2) is 0 Å². The Morgan fingerprint density at radius 3 is 2.92 bits per heavy atom. The fraction of sp³-hybridized carbons (Fsp3) is 0.333. The third-order valence-corrected chi connectivity index (χ3v) is 5.77. The van der Waals surface area contributed by atoms with E-state index >= 15 is 0 Å². The number of nitriles is 1. The molecule has 1 aromatic heterocycles. The van der Waals surface area contributed by atoms with Crippen LogP contribution in [0.3, 0.4) is 0 Å². The van der Waals surface area contributed by atoms with E-state index in [1.165, 1.54) is 23.5 Å². The summed E-state index contributed by atoms with van der Waals surface area (Å²) in [4.78, 5) is 24.3. The second-order valence-corrected chi connectivity index (χ2v) is 7.43. The Balaban J connectivity index is 1.94. The topological polar surface area (TPSA) is 96.0 Å². The van der Waals surface area contributed by atoms with Gasteiger partial charge in [0, 0.05) is 22.1 Å². The molecule has 1 N–H and O–H groups in total. The summed E-state index contributed by atoms with van der Waals surface area (Å²) in [5.74, 6) is 0.143. The minimum Gasteiger partial charge on any atom is -0.312 e. The molecule has 25 heavy (non-hydrogen) atoms. The number of nitrogens with one attached hydrogen (secondary N) is 1. The molecule has 7 heteroatoms. The van der Waals surface area contributed by atoms with E-state index in [1.54, 1.807) is 13.0 Å². The largest absolute Gasteiger partial charge is 0.312 e. The summed E-state index contributed by atoms with van der Waals surface area (Å²) in [6.07, 6.45) is 2.80. The summed E-state index contributed by atoms with van der Waals surface area (Å²) in [7, 11) is 0. The van der Waals surface area contributed by atoms with Gasteiger partial charge in [-0.2, -0.15) is 5.26 Å². The molecule has 0 bridgehead atoms. The number of anilines is 1. The highest BCUT2D eigenvalue weighted by atomic mass is 32.1. The number of amides is 1. The number of nitro benzene ring substituents is 1. The van der Waals surface area contributed by atoms with Crippen LogP contribution in [-0.2, 0) is 12.8 Å². The second kappa shape index (κ2) is 6.65. The Labute approximate surface area is 149 Å². The van der Waals surface area contributed by atoms with Gasteiger partial charge in [-0.05, 0) is 43.7 Å². The van der Waals surface area contributed by atoms with Crippen molar-refractivity contribution in [1.82, 2.24) is 0 Å². The van der Waals surface area contributed by atoms with Gasteiger partial charge in [-0.3, -0.25) is 14.9 Å². The summed E-state index contributed by atoms with van der Waals surface area (Å²) in [6.45, 7) is 3.73. The minimum absolute atomic E-state index is 0.0903. The van der Waals surface area contributed by atoms with Gasteiger partial charge in [0.2, 0.25) is 0 Å². The molecule has 0 saturated carbocycles. The van der Waals surface area contributed by atoms with E-state index in [0.717, 1.165) is 29.7 Å². The molecule has 3 rings (SSSR count). The second-order valence-electron chi connectivity index (χ2n) is 6.33. The highest BCUT2D eigenvalue weighted by Gasteiger charge is 2.25. The van der Waals surface area contributed by atoms with Crippen LogP contribution < -0.4 is 5.32 Å². The van der Waals surface area contributed by atoms with Gasteiger partial charge in [0.05, 0.1) is 10.5 Å². The number of fused-ring (bicyclic) bond motifs is 1. The molecule has 0 saturated heterocycles. The van der Waals surface area contributed by atoms with Crippen LogP contribution in [0.2, 0.25) is 0 Å². The maximum absolute atomic E-state index is 12.6. The average Bonchev–Trinajstić information content (AvgIpc) is 2.90. The zero-order valence-corrected chi connectivity index (χ0v) is 14.8. The molecule has 0 aliphatic heterocycles. The predicted octanol–water partition coefficient (Wildman–Crippen LogP) is 4.21. The zero-order chi connectivity index (χ0) is 18.1. The molecule has 1 aromatic carbocycles. The third kappa shape index (κ3) is 3.13. The minimum atomic E-state index is -0.502. The lowest BCUT2D eigenvalue weighted by Crippen LogP contribution is -2.14. The molecule has 1 aliphatic rings. The Morgan fingerprint density at radius 1 is 1.48 bits per heavy atom. The lowest BCUT2D eigenvalue weighted by molar-refractivity contribution is -0.385. The number of hydrogen-bond acceptors (Lipinski definition) is 5. The van der Waals surface area contributed by atoms with E-state index in [2.05, 4.69) is 18.3 Å². The monoisotopic (exact) mass is 355 g/mol. The van der Waals surface area contributed by atoms with Gasteiger partial charge in [-0.25, -0.2) is 0 Å². The van der Waals surface area contributed by atoms with Crippen molar-refractivity contribution >= 4 is 27.9 Å². The molecule has 1 atom stereocenters. The van der Waals surface area contributed by atoms with Crippen LogP contribution >= 0.6 is 11.3 Å². The van der Waals surface area contributed by atoms with E-state index in [1.807, 2.05) is 0 Å². The highest BCUT2D eigenvalue weighted by molar-refractivity contribution is 7.16. The number of benzene rings is 1. The molecule has 1 unspecified atom stereocenters. The van der Waals surface area contributed by atoms with Crippen LogP contribution in [0.5, 0.6) is 0 Å². The Kier molecular flexibility index (Phi) is 4.55. The van der Waals surface area contributed by atoms with Gasteiger partial charge in [0.25, 0.3) is 11.6 Å². The van der Waals surface area contributed by atoms with Crippen molar-refractivity contribution in [3.05, 3.63) is 55.4 Å². The standard InChI is InChI=1S/C18H17N3O3S/c1-10-6-7-13-14(9-19)18(25-16(13)8-10)20-17(22)12-4-3-5-15(11(12)2)21(23)24/h3-5,10H,6-8H2,1-2H3,(H,20,22). The Morgan fingerprint density at radius 2 is 2.24 bits per heavy atom. The number of nitrogens with zero attached hydrogens (tertiary/aromatic N) is 2. The normalized spacial score (nSPS) is 16.0.